The van der Waals surface area contributed by atoms with Crippen LogP contribution in [-0.4, -0.2) is 29.6 Å². The molecule has 3 rings (SSSR count). The van der Waals surface area contributed by atoms with Gasteiger partial charge in [-0.1, -0.05) is 42.5 Å². The smallest absolute Gasteiger partial charge is 0.339 e. The Morgan fingerprint density at radius 1 is 1.07 bits per heavy atom. The molecule has 1 heterocycles. The van der Waals surface area contributed by atoms with Crippen LogP contribution >= 0.6 is 0 Å². The second-order valence-corrected chi connectivity index (χ2v) is 5.92. The molecule has 6 heteroatoms. The van der Waals surface area contributed by atoms with Crippen LogP contribution in [-0.2, 0) is 11.3 Å². The van der Waals surface area contributed by atoms with Crippen LogP contribution in [0.15, 0.2) is 67.0 Å². The molecule has 0 aliphatic heterocycles. The summed E-state index contributed by atoms with van der Waals surface area (Å²) < 4.78 is 4.84. The van der Waals surface area contributed by atoms with Gasteiger partial charge in [0.05, 0.1) is 18.4 Å². The van der Waals surface area contributed by atoms with Crippen molar-refractivity contribution in [1.29, 1.82) is 0 Å². The van der Waals surface area contributed by atoms with Crippen molar-refractivity contribution in [3.05, 3.63) is 78.1 Å². The Balaban J connectivity index is 1.82. The lowest BCUT2D eigenvalue weighted by Crippen LogP contribution is -2.23. The number of nitrogens with one attached hydrogen (secondary N) is 1. The van der Waals surface area contributed by atoms with Crippen LogP contribution < -0.4 is 10.2 Å². The van der Waals surface area contributed by atoms with Crippen molar-refractivity contribution >= 4 is 23.3 Å². The summed E-state index contributed by atoms with van der Waals surface area (Å²) in [6, 6.07) is 19.3. The molecule has 0 amide bonds. The highest BCUT2D eigenvalue weighted by Gasteiger charge is 2.13. The summed E-state index contributed by atoms with van der Waals surface area (Å²) in [6.45, 7) is 3.65. The van der Waals surface area contributed by atoms with E-state index >= 15 is 0 Å². The Bertz CT molecular complexity index is 899. The van der Waals surface area contributed by atoms with Crippen LogP contribution in [0.4, 0.5) is 17.3 Å². The van der Waals surface area contributed by atoms with Gasteiger partial charge in [0.2, 0.25) is 0 Å². The zero-order chi connectivity index (χ0) is 19.1. The van der Waals surface area contributed by atoms with E-state index in [1.807, 2.05) is 36.4 Å². The number of hydrogen-bond acceptors (Lipinski definition) is 6. The maximum absolute atomic E-state index is 11.9. The molecule has 6 nitrogen and oxygen atoms in total. The molecule has 1 aromatic heterocycles. The van der Waals surface area contributed by atoms with Gasteiger partial charge in [-0.3, -0.25) is 0 Å². The first-order valence-electron chi connectivity index (χ1n) is 8.76. The van der Waals surface area contributed by atoms with Gasteiger partial charge in [-0.15, -0.1) is 0 Å². The van der Waals surface area contributed by atoms with Crippen LogP contribution in [0.2, 0.25) is 0 Å². The number of esters is 1. The summed E-state index contributed by atoms with van der Waals surface area (Å²) in [5, 5.41) is 3.19. The van der Waals surface area contributed by atoms with E-state index in [-0.39, 0.29) is 0 Å². The van der Waals surface area contributed by atoms with Crippen molar-refractivity contribution in [2.75, 3.05) is 23.9 Å². The zero-order valence-corrected chi connectivity index (χ0v) is 15.4. The summed E-state index contributed by atoms with van der Waals surface area (Å²) >= 11 is 0. The molecule has 0 aliphatic carbocycles. The van der Waals surface area contributed by atoms with Crippen LogP contribution in [0.5, 0.6) is 0 Å². The van der Waals surface area contributed by atoms with Crippen molar-refractivity contribution in [3.63, 3.8) is 0 Å². The quantitative estimate of drug-likeness (QED) is 0.640. The number of methoxy groups -OCH3 is 1. The van der Waals surface area contributed by atoms with E-state index in [0.29, 0.717) is 17.1 Å². The number of carbonyl (C=O) groups is 1. The lowest BCUT2D eigenvalue weighted by molar-refractivity contribution is 0.0602. The third-order valence-corrected chi connectivity index (χ3v) is 4.17. The molecule has 0 spiro atoms. The van der Waals surface area contributed by atoms with E-state index in [1.165, 1.54) is 19.0 Å². The molecule has 0 unspecified atom stereocenters. The Morgan fingerprint density at radius 2 is 1.81 bits per heavy atom. The number of anilines is 3. The van der Waals surface area contributed by atoms with Gasteiger partial charge < -0.3 is 15.0 Å². The lowest BCUT2D eigenvalue weighted by atomic mass is 10.2. The molecule has 0 radical (unpaired) electrons. The topological polar surface area (TPSA) is 67.4 Å². The maximum atomic E-state index is 11.9. The average molecular weight is 362 g/mol. The average Bonchev–Trinajstić information content (AvgIpc) is 2.73. The number of para-hydroxylation sites is 1. The van der Waals surface area contributed by atoms with Gasteiger partial charge in [0, 0.05) is 19.2 Å². The van der Waals surface area contributed by atoms with E-state index < -0.39 is 5.97 Å². The third-order valence-electron chi connectivity index (χ3n) is 4.17. The highest BCUT2D eigenvalue weighted by molar-refractivity contribution is 5.96. The highest BCUT2D eigenvalue weighted by atomic mass is 16.5. The number of rotatable bonds is 7. The van der Waals surface area contributed by atoms with Crippen molar-refractivity contribution in [1.82, 2.24) is 9.97 Å². The van der Waals surface area contributed by atoms with Crippen molar-refractivity contribution in [2.24, 2.45) is 0 Å². The van der Waals surface area contributed by atoms with E-state index in [4.69, 9.17) is 4.74 Å². The standard InChI is InChI=1S/C21H22N4O2/c1-3-25(14-16-9-5-4-6-10-16)20-13-19(22-15-23-20)24-18-12-8-7-11-17(18)21(26)27-2/h4-13,15H,3,14H2,1-2H3,(H,22,23,24). The van der Waals surface area contributed by atoms with E-state index in [1.54, 1.807) is 12.1 Å². The van der Waals surface area contributed by atoms with Gasteiger partial charge in [-0.25, -0.2) is 14.8 Å². The summed E-state index contributed by atoms with van der Waals surface area (Å²) in [7, 11) is 1.37. The molecule has 0 atom stereocenters. The predicted octanol–water partition coefficient (Wildman–Crippen LogP) is 4.03. The SMILES string of the molecule is CCN(Cc1ccccc1)c1cc(Nc2ccccc2C(=O)OC)ncn1. The molecular formula is C21H22N4O2. The van der Waals surface area contributed by atoms with Crippen LogP contribution in [0.1, 0.15) is 22.8 Å². The number of benzene rings is 2. The highest BCUT2D eigenvalue weighted by Crippen LogP contribution is 2.23. The molecule has 3 aromatic rings. The van der Waals surface area contributed by atoms with Crippen molar-refractivity contribution < 1.29 is 9.53 Å². The minimum Gasteiger partial charge on any atom is -0.465 e. The normalized spacial score (nSPS) is 10.3. The van der Waals surface area contributed by atoms with E-state index in [9.17, 15) is 4.79 Å². The Kier molecular flexibility index (Phi) is 5.99. The minimum absolute atomic E-state index is 0.397. The fourth-order valence-corrected chi connectivity index (χ4v) is 2.76. The molecular weight excluding hydrogens is 340 g/mol. The first-order valence-corrected chi connectivity index (χ1v) is 8.76. The van der Waals surface area contributed by atoms with Crippen LogP contribution in [0.3, 0.4) is 0 Å². The first-order chi connectivity index (χ1) is 13.2. The van der Waals surface area contributed by atoms with Crippen LogP contribution in [0.25, 0.3) is 0 Å². The molecule has 27 heavy (non-hydrogen) atoms. The molecule has 138 valence electrons. The predicted molar refractivity (Wildman–Crippen MR) is 106 cm³/mol. The Hall–Kier alpha value is -3.41. The second kappa shape index (κ2) is 8.80. The molecule has 1 N–H and O–H groups in total. The number of aromatic nitrogens is 2. The van der Waals surface area contributed by atoms with Gasteiger partial charge in [0.15, 0.2) is 0 Å². The van der Waals surface area contributed by atoms with Gasteiger partial charge >= 0.3 is 5.97 Å². The molecule has 0 fully saturated rings. The molecule has 0 saturated heterocycles. The number of ether oxygens (including phenoxy) is 1. The van der Waals surface area contributed by atoms with Gasteiger partial charge in [0.25, 0.3) is 0 Å². The number of nitrogens with zero attached hydrogens (tertiary/aromatic N) is 3. The largest absolute Gasteiger partial charge is 0.465 e. The zero-order valence-electron chi connectivity index (χ0n) is 15.4. The summed E-state index contributed by atoms with van der Waals surface area (Å²) in [5.74, 6) is 1.03. The first kappa shape index (κ1) is 18.4. The Labute approximate surface area is 158 Å². The van der Waals surface area contributed by atoms with Gasteiger partial charge in [-0.05, 0) is 24.6 Å². The molecule has 0 aliphatic rings. The van der Waals surface area contributed by atoms with E-state index in [2.05, 4.69) is 39.2 Å². The fourth-order valence-electron chi connectivity index (χ4n) is 2.76. The van der Waals surface area contributed by atoms with Gasteiger partial charge in [-0.2, -0.15) is 0 Å². The van der Waals surface area contributed by atoms with Crippen molar-refractivity contribution in [3.8, 4) is 0 Å². The third kappa shape index (κ3) is 4.61. The lowest BCUT2D eigenvalue weighted by Gasteiger charge is -2.22. The van der Waals surface area contributed by atoms with E-state index in [0.717, 1.165) is 18.9 Å². The second-order valence-electron chi connectivity index (χ2n) is 5.92. The van der Waals surface area contributed by atoms with Gasteiger partial charge in [0.1, 0.15) is 18.0 Å². The Morgan fingerprint density at radius 3 is 2.56 bits per heavy atom. The molecule has 0 bridgehead atoms. The summed E-state index contributed by atoms with van der Waals surface area (Å²) in [6.07, 6.45) is 1.52. The summed E-state index contributed by atoms with van der Waals surface area (Å²) in [5.41, 5.74) is 2.31. The molecule has 2 aromatic carbocycles. The number of carbonyl (C=O) groups excluding carboxylic acids is 1. The molecule has 0 saturated carbocycles. The summed E-state index contributed by atoms with van der Waals surface area (Å²) in [4.78, 5) is 22.8. The van der Waals surface area contributed by atoms with Crippen molar-refractivity contribution in [2.45, 2.75) is 13.5 Å². The van der Waals surface area contributed by atoms with Crippen LogP contribution in [0, 0.1) is 0 Å². The minimum atomic E-state index is -0.397. The number of hydrogen-bond donors (Lipinski definition) is 1. The monoisotopic (exact) mass is 362 g/mol. The fraction of sp³-hybridized carbons (Fsp3) is 0.190. The maximum Gasteiger partial charge on any atom is 0.339 e.